The van der Waals surface area contributed by atoms with Gasteiger partial charge in [-0.2, -0.15) is 0 Å². The van der Waals surface area contributed by atoms with Crippen LogP contribution in [0.4, 0.5) is 0 Å². The van der Waals surface area contributed by atoms with Crippen LogP contribution in [0.2, 0.25) is 0 Å². The van der Waals surface area contributed by atoms with Gasteiger partial charge < -0.3 is 9.73 Å². The van der Waals surface area contributed by atoms with E-state index in [2.05, 4.69) is 26.2 Å². The molecule has 0 bridgehead atoms. The second-order valence-electron chi connectivity index (χ2n) is 6.73. The number of oxazole rings is 1. The Kier molecular flexibility index (Phi) is 6.68. The fraction of sp³-hybridized carbons (Fsp3) is 0.500. The van der Waals surface area contributed by atoms with Crippen molar-refractivity contribution in [3.63, 3.8) is 0 Å². The molecule has 0 aliphatic heterocycles. The molecule has 2 aromatic rings. The van der Waals surface area contributed by atoms with Gasteiger partial charge in [-0.3, -0.25) is 4.79 Å². The van der Waals surface area contributed by atoms with Crippen LogP contribution in [0.15, 0.2) is 39.4 Å². The number of carbonyl (C=O) groups is 1. The second-order valence-corrected chi connectivity index (χ2v) is 7.65. The van der Waals surface area contributed by atoms with Crippen LogP contribution in [0.25, 0.3) is 11.3 Å². The van der Waals surface area contributed by atoms with E-state index < -0.39 is 0 Å². The summed E-state index contributed by atoms with van der Waals surface area (Å²) in [7, 11) is 0. The van der Waals surface area contributed by atoms with E-state index in [1.54, 1.807) is 6.20 Å². The first-order chi connectivity index (χ1) is 12.2. The molecule has 0 radical (unpaired) electrons. The van der Waals surface area contributed by atoms with Crippen LogP contribution in [-0.4, -0.2) is 16.9 Å². The Bertz CT molecular complexity index is 673. The summed E-state index contributed by atoms with van der Waals surface area (Å²) in [6.07, 6.45) is 11.3. The first-order valence-electron chi connectivity index (χ1n) is 9.21. The number of carbonyl (C=O) groups excluding carboxylic acids is 1. The van der Waals surface area contributed by atoms with E-state index in [0.29, 0.717) is 24.8 Å². The quantitative estimate of drug-likeness (QED) is 0.738. The van der Waals surface area contributed by atoms with E-state index in [1.165, 1.54) is 32.1 Å². The maximum atomic E-state index is 12.2. The number of rotatable bonds is 5. The zero-order valence-electron chi connectivity index (χ0n) is 14.5. The predicted octanol–water partition coefficient (Wildman–Crippen LogP) is 5.27. The van der Waals surface area contributed by atoms with Crippen molar-refractivity contribution in [1.29, 1.82) is 0 Å². The number of hydrogen-bond donors (Lipinski definition) is 1. The number of nitrogens with one attached hydrogen (secondary N) is 1. The molecular weight excluding hydrogens is 380 g/mol. The van der Waals surface area contributed by atoms with E-state index in [1.807, 2.05) is 24.3 Å². The fourth-order valence-corrected chi connectivity index (χ4v) is 3.56. The molecule has 1 saturated carbocycles. The molecule has 1 aliphatic rings. The maximum Gasteiger partial charge on any atom is 0.220 e. The Balaban J connectivity index is 1.48. The number of amides is 1. The summed E-state index contributed by atoms with van der Waals surface area (Å²) >= 11 is 3.42. The maximum absolute atomic E-state index is 12.2. The van der Waals surface area contributed by atoms with Crippen molar-refractivity contribution < 1.29 is 9.21 Å². The number of halogens is 1. The molecule has 134 valence electrons. The molecule has 3 rings (SSSR count). The fourth-order valence-electron chi connectivity index (χ4n) is 3.29. The van der Waals surface area contributed by atoms with Gasteiger partial charge in [-0.1, -0.05) is 60.2 Å². The third kappa shape index (κ3) is 5.70. The lowest BCUT2D eigenvalue weighted by atomic mass is 9.96. The molecule has 1 fully saturated rings. The molecule has 0 unspecified atom stereocenters. The summed E-state index contributed by atoms with van der Waals surface area (Å²) in [5.41, 5.74) is 0.987. The molecule has 1 aromatic carbocycles. The smallest absolute Gasteiger partial charge is 0.220 e. The summed E-state index contributed by atoms with van der Waals surface area (Å²) in [6.45, 7) is 0. The third-order valence-corrected chi connectivity index (χ3v) is 5.25. The van der Waals surface area contributed by atoms with E-state index in [0.717, 1.165) is 28.6 Å². The van der Waals surface area contributed by atoms with Gasteiger partial charge in [0.1, 0.15) is 0 Å². The van der Waals surface area contributed by atoms with Crippen LogP contribution in [-0.2, 0) is 11.2 Å². The summed E-state index contributed by atoms with van der Waals surface area (Å²) in [6, 6.07) is 8.25. The first-order valence-corrected chi connectivity index (χ1v) is 10.00. The molecule has 1 heterocycles. The van der Waals surface area contributed by atoms with Gasteiger partial charge in [0.25, 0.3) is 0 Å². The number of aromatic nitrogens is 1. The van der Waals surface area contributed by atoms with E-state index in [9.17, 15) is 4.79 Å². The van der Waals surface area contributed by atoms with Gasteiger partial charge in [0.05, 0.1) is 6.20 Å². The predicted molar refractivity (Wildman–Crippen MR) is 102 cm³/mol. The number of aryl methyl sites for hydroxylation is 1. The third-order valence-electron chi connectivity index (χ3n) is 4.72. The Morgan fingerprint density at radius 2 is 1.80 bits per heavy atom. The number of benzene rings is 1. The van der Waals surface area contributed by atoms with Crippen LogP contribution >= 0.6 is 15.9 Å². The molecule has 0 saturated heterocycles. The van der Waals surface area contributed by atoms with Gasteiger partial charge in [-0.25, -0.2) is 4.98 Å². The van der Waals surface area contributed by atoms with Gasteiger partial charge in [0, 0.05) is 28.9 Å². The minimum Gasteiger partial charge on any atom is -0.441 e. The lowest BCUT2D eigenvalue weighted by molar-refractivity contribution is -0.122. The van der Waals surface area contributed by atoms with Crippen molar-refractivity contribution in [2.75, 3.05) is 0 Å². The second kappa shape index (κ2) is 9.18. The lowest BCUT2D eigenvalue weighted by Crippen LogP contribution is -2.35. The van der Waals surface area contributed by atoms with Crippen LogP contribution in [0.5, 0.6) is 0 Å². The average Bonchev–Trinajstić information content (AvgIpc) is 3.05. The highest BCUT2D eigenvalue weighted by Gasteiger charge is 2.15. The number of hydrogen-bond acceptors (Lipinski definition) is 3. The molecule has 4 nitrogen and oxygen atoms in total. The summed E-state index contributed by atoms with van der Waals surface area (Å²) < 4.78 is 6.81. The van der Waals surface area contributed by atoms with Gasteiger partial charge >= 0.3 is 0 Å². The highest BCUT2D eigenvalue weighted by molar-refractivity contribution is 9.10. The van der Waals surface area contributed by atoms with E-state index in [-0.39, 0.29) is 5.91 Å². The molecule has 1 N–H and O–H groups in total. The Hall–Kier alpha value is -1.62. The molecule has 0 atom stereocenters. The standard InChI is InChI=1S/C20H25BrN2O2/c21-16-10-8-15(9-11-16)18-14-22-20(25-18)13-12-19(24)23-17-6-4-2-1-3-5-7-17/h8-11,14,17H,1-7,12-13H2,(H,23,24). The topological polar surface area (TPSA) is 55.1 Å². The van der Waals surface area contributed by atoms with E-state index >= 15 is 0 Å². The van der Waals surface area contributed by atoms with Crippen LogP contribution < -0.4 is 5.32 Å². The van der Waals surface area contributed by atoms with Gasteiger partial charge in [-0.05, 0) is 25.0 Å². The highest BCUT2D eigenvalue weighted by atomic mass is 79.9. The van der Waals surface area contributed by atoms with Crippen molar-refractivity contribution in [2.24, 2.45) is 0 Å². The van der Waals surface area contributed by atoms with Crippen LogP contribution in [0.3, 0.4) is 0 Å². The zero-order chi connectivity index (χ0) is 17.5. The minimum atomic E-state index is 0.106. The van der Waals surface area contributed by atoms with E-state index in [4.69, 9.17) is 4.42 Å². The average molecular weight is 405 g/mol. The molecular formula is C20H25BrN2O2. The van der Waals surface area contributed by atoms with Crippen LogP contribution in [0.1, 0.15) is 57.3 Å². The monoisotopic (exact) mass is 404 g/mol. The normalized spacial score (nSPS) is 16.2. The van der Waals surface area contributed by atoms with Crippen molar-refractivity contribution in [2.45, 2.75) is 63.8 Å². The SMILES string of the molecule is O=C(CCc1ncc(-c2ccc(Br)cc2)o1)NC1CCCCCCC1. The molecule has 0 spiro atoms. The first kappa shape index (κ1) is 18.2. The highest BCUT2D eigenvalue weighted by Crippen LogP contribution is 2.23. The van der Waals surface area contributed by atoms with Gasteiger partial charge in [-0.15, -0.1) is 0 Å². The van der Waals surface area contributed by atoms with Crippen molar-refractivity contribution >= 4 is 21.8 Å². The number of nitrogens with zero attached hydrogens (tertiary/aromatic N) is 1. The van der Waals surface area contributed by atoms with Gasteiger partial charge in [0.2, 0.25) is 5.91 Å². The van der Waals surface area contributed by atoms with Crippen molar-refractivity contribution in [3.8, 4) is 11.3 Å². The summed E-state index contributed by atoms with van der Waals surface area (Å²) in [5, 5.41) is 3.19. The molecule has 5 heteroatoms. The largest absolute Gasteiger partial charge is 0.441 e. The Morgan fingerprint density at radius 1 is 1.12 bits per heavy atom. The Labute approximate surface area is 157 Å². The summed E-state index contributed by atoms with van der Waals surface area (Å²) in [5.74, 6) is 1.46. The van der Waals surface area contributed by atoms with Gasteiger partial charge in [0.15, 0.2) is 11.7 Å². The van der Waals surface area contributed by atoms with Crippen molar-refractivity contribution in [3.05, 3.63) is 40.8 Å². The molecule has 25 heavy (non-hydrogen) atoms. The zero-order valence-corrected chi connectivity index (χ0v) is 16.1. The lowest BCUT2D eigenvalue weighted by Gasteiger charge is -2.20. The molecule has 1 amide bonds. The Morgan fingerprint density at radius 3 is 2.52 bits per heavy atom. The summed E-state index contributed by atoms with van der Waals surface area (Å²) in [4.78, 5) is 16.5. The molecule has 1 aliphatic carbocycles. The van der Waals surface area contributed by atoms with Crippen molar-refractivity contribution in [1.82, 2.24) is 10.3 Å². The molecule has 1 aromatic heterocycles. The van der Waals surface area contributed by atoms with Crippen LogP contribution in [0, 0.1) is 0 Å². The minimum absolute atomic E-state index is 0.106.